The lowest BCUT2D eigenvalue weighted by atomic mass is 10.2. The Kier molecular flexibility index (Phi) is 5.51. The van der Waals surface area contributed by atoms with Crippen LogP contribution in [0.2, 0.25) is 5.02 Å². The first kappa shape index (κ1) is 16.5. The highest BCUT2D eigenvalue weighted by Gasteiger charge is 2.11. The topological polar surface area (TPSA) is 68.3 Å². The minimum atomic E-state index is -0.481. The molecule has 1 N–H and O–H groups in total. The molecule has 1 amide bonds. The third-order valence-corrected chi connectivity index (χ3v) is 4.09. The van der Waals surface area contributed by atoms with E-state index in [0.29, 0.717) is 29.1 Å². The van der Waals surface area contributed by atoms with Crippen LogP contribution < -0.4 is 5.32 Å². The number of carbonyl (C=O) groups excluding carboxylic acids is 2. The van der Waals surface area contributed by atoms with Crippen LogP contribution in [0, 0.1) is 6.92 Å². The molecule has 7 heteroatoms. The Morgan fingerprint density at radius 2 is 2.18 bits per heavy atom. The fourth-order valence-electron chi connectivity index (χ4n) is 1.84. The second-order valence-corrected chi connectivity index (χ2v) is 6.06. The minimum Gasteiger partial charge on any atom is -0.465 e. The molecule has 0 aliphatic rings. The van der Waals surface area contributed by atoms with Gasteiger partial charge in [-0.1, -0.05) is 11.6 Å². The summed E-state index contributed by atoms with van der Waals surface area (Å²) in [5, 5.41) is 5.98. The second-order valence-electron chi connectivity index (χ2n) is 4.59. The fraction of sp³-hybridized carbons (Fsp3) is 0.267. The second kappa shape index (κ2) is 7.38. The molecule has 0 atom stereocenters. The number of thiazole rings is 1. The Morgan fingerprint density at radius 3 is 2.82 bits per heavy atom. The van der Waals surface area contributed by atoms with Crippen LogP contribution >= 0.6 is 22.9 Å². The number of benzene rings is 1. The van der Waals surface area contributed by atoms with Gasteiger partial charge in [0.15, 0.2) is 0 Å². The van der Waals surface area contributed by atoms with Crippen molar-refractivity contribution in [2.45, 2.75) is 19.8 Å². The average molecular weight is 339 g/mol. The number of hydrogen-bond donors (Lipinski definition) is 1. The summed E-state index contributed by atoms with van der Waals surface area (Å²) < 4.78 is 4.64. The lowest BCUT2D eigenvalue weighted by Crippen LogP contribution is -2.13. The molecular weight excluding hydrogens is 324 g/mol. The van der Waals surface area contributed by atoms with Gasteiger partial charge in [0.2, 0.25) is 5.91 Å². The Hall–Kier alpha value is -1.92. The quantitative estimate of drug-likeness (QED) is 0.848. The molecule has 2 aromatic rings. The number of amides is 1. The number of rotatable bonds is 5. The van der Waals surface area contributed by atoms with E-state index in [4.69, 9.17) is 11.6 Å². The van der Waals surface area contributed by atoms with Gasteiger partial charge in [0, 0.05) is 11.8 Å². The molecule has 0 bridgehead atoms. The standard InChI is InChI=1S/C15H15ClN2O3S/c1-9-17-11(8-22-9)4-6-14(19)18-13-7-10(15(20)21-2)3-5-12(13)16/h3,5,7-8H,4,6H2,1-2H3,(H,18,19). The van der Waals surface area contributed by atoms with Crippen LogP contribution in [0.1, 0.15) is 27.5 Å². The first-order chi connectivity index (χ1) is 10.5. The van der Waals surface area contributed by atoms with Crippen LogP contribution in [-0.4, -0.2) is 24.0 Å². The Labute approximate surface area is 137 Å². The van der Waals surface area contributed by atoms with Crippen molar-refractivity contribution in [3.8, 4) is 0 Å². The molecule has 1 heterocycles. The summed E-state index contributed by atoms with van der Waals surface area (Å²) in [6.07, 6.45) is 0.854. The highest BCUT2D eigenvalue weighted by molar-refractivity contribution is 7.09. The van der Waals surface area contributed by atoms with Gasteiger partial charge < -0.3 is 10.1 Å². The van der Waals surface area contributed by atoms with Crippen molar-refractivity contribution in [1.82, 2.24) is 4.98 Å². The number of aromatic nitrogens is 1. The van der Waals surface area contributed by atoms with Crippen molar-refractivity contribution in [2.24, 2.45) is 0 Å². The van der Waals surface area contributed by atoms with Crippen LogP contribution in [0.25, 0.3) is 0 Å². The number of ether oxygens (including phenoxy) is 1. The van der Waals surface area contributed by atoms with Crippen LogP contribution in [0.5, 0.6) is 0 Å². The number of halogens is 1. The molecule has 5 nitrogen and oxygen atoms in total. The van der Waals surface area contributed by atoms with Gasteiger partial charge in [-0.25, -0.2) is 9.78 Å². The zero-order chi connectivity index (χ0) is 16.1. The molecule has 0 unspecified atom stereocenters. The van der Waals surface area contributed by atoms with Crippen LogP contribution in [0.4, 0.5) is 5.69 Å². The molecule has 0 aliphatic carbocycles. The van der Waals surface area contributed by atoms with Gasteiger partial charge in [0.05, 0.1) is 34.1 Å². The zero-order valence-corrected chi connectivity index (χ0v) is 13.8. The number of esters is 1. The summed E-state index contributed by atoms with van der Waals surface area (Å²) in [5.74, 6) is -0.667. The van der Waals surface area contributed by atoms with Crippen molar-refractivity contribution in [1.29, 1.82) is 0 Å². The number of aryl methyl sites for hydroxylation is 2. The Bertz CT molecular complexity index is 700. The van der Waals surface area contributed by atoms with Crippen molar-refractivity contribution < 1.29 is 14.3 Å². The summed E-state index contributed by atoms with van der Waals surface area (Å²) >= 11 is 7.59. The molecule has 0 saturated heterocycles. The first-order valence-electron chi connectivity index (χ1n) is 6.58. The highest BCUT2D eigenvalue weighted by Crippen LogP contribution is 2.23. The highest BCUT2D eigenvalue weighted by atomic mass is 35.5. The Morgan fingerprint density at radius 1 is 1.41 bits per heavy atom. The monoisotopic (exact) mass is 338 g/mol. The smallest absolute Gasteiger partial charge is 0.337 e. The number of carbonyl (C=O) groups is 2. The van der Waals surface area contributed by atoms with Crippen molar-refractivity contribution in [3.63, 3.8) is 0 Å². The van der Waals surface area contributed by atoms with Crippen LogP contribution in [0.3, 0.4) is 0 Å². The van der Waals surface area contributed by atoms with Gasteiger partial charge in [-0.05, 0) is 31.5 Å². The van der Waals surface area contributed by atoms with E-state index < -0.39 is 5.97 Å². The third kappa shape index (κ3) is 4.29. The van der Waals surface area contributed by atoms with E-state index in [1.807, 2.05) is 12.3 Å². The van der Waals surface area contributed by atoms with Crippen molar-refractivity contribution in [3.05, 3.63) is 44.9 Å². The predicted octanol–water partition coefficient (Wildman–Crippen LogP) is 3.46. The van der Waals surface area contributed by atoms with Crippen LogP contribution in [0.15, 0.2) is 23.6 Å². The molecule has 116 valence electrons. The molecule has 2 rings (SSSR count). The van der Waals surface area contributed by atoms with Gasteiger partial charge in [-0.2, -0.15) is 0 Å². The first-order valence-corrected chi connectivity index (χ1v) is 7.84. The summed E-state index contributed by atoms with van der Waals surface area (Å²) in [4.78, 5) is 27.8. The summed E-state index contributed by atoms with van der Waals surface area (Å²) in [6.45, 7) is 1.92. The molecule has 0 fully saturated rings. The molecule has 0 aliphatic heterocycles. The largest absolute Gasteiger partial charge is 0.465 e. The number of nitrogens with one attached hydrogen (secondary N) is 1. The number of methoxy groups -OCH3 is 1. The van der Waals surface area contributed by atoms with Crippen molar-refractivity contribution in [2.75, 3.05) is 12.4 Å². The number of nitrogens with zero attached hydrogens (tertiary/aromatic N) is 1. The molecule has 1 aromatic carbocycles. The SMILES string of the molecule is COC(=O)c1ccc(Cl)c(NC(=O)CCc2csc(C)n2)c1. The molecule has 22 heavy (non-hydrogen) atoms. The maximum atomic E-state index is 12.0. The Balaban J connectivity index is 2.00. The molecule has 0 saturated carbocycles. The molecule has 0 radical (unpaired) electrons. The van der Waals surface area contributed by atoms with E-state index in [0.717, 1.165) is 10.7 Å². The van der Waals surface area contributed by atoms with E-state index in [1.54, 1.807) is 23.5 Å². The maximum absolute atomic E-state index is 12.0. The summed E-state index contributed by atoms with van der Waals surface area (Å²) in [7, 11) is 1.30. The van der Waals surface area contributed by atoms with E-state index in [1.165, 1.54) is 13.2 Å². The van der Waals surface area contributed by atoms with Gasteiger partial charge >= 0.3 is 5.97 Å². The fourth-order valence-corrected chi connectivity index (χ4v) is 2.66. The maximum Gasteiger partial charge on any atom is 0.337 e. The molecule has 0 spiro atoms. The zero-order valence-electron chi connectivity index (χ0n) is 12.2. The van der Waals surface area contributed by atoms with Crippen LogP contribution in [-0.2, 0) is 16.0 Å². The normalized spacial score (nSPS) is 10.3. The van der Waals surface area contributed by atoms with E-state index in [9.17, 15) is 9.59 Å². The lowest BCUT2D eigenvalue weighted by Gasteiger charge is -2.08. The summed E-state index contributed by atoms with van der Waals surface area (Å²) in [6, 6.07) is 4.59. The van der Waals surface area contributed by atoms with Gasteiger partial charge in [-0.3, -0.25) is 4.79 Å². The van der Waals surface area contributed by atoms with Gasteiger partial charge in [0.1, 0.15) is 0 Å². The van der Waals surface area contributed by atoms with E-state index in [2.05, 4.69) is 15.0 Å². The number of hydrogen-bond acceptors (Lipinski definition) is 5. The van der Waals surface area contributed by atoms with Gasteiger partial charge in [0.25, 0.3) is 0 Å². The lowest BCUT2D eigenvalue weighted by molar-refractivity contribution is -0.116. The third-order valence-electron chi connectivity index (χ3n) is 2.94. The average Bonchev–Trinajstić information content (AvgIpc) is 2.92. The summed E-state index contributed by atoms with van der Waals surface area (Å²) in [5.41, 5.74) is 1.62. The predicted molar refractivity (Wildman–Crippen MR) is 86.6 cm³/mol. The minimum absolute atomic E-state index is 0.186. The molecular formula is C15H15ClN2O3S. The van der Waals surface area contributed by atoms with E-state index in [-0.39, 0.29) is 5.91 Å². The molecule has 1 aromatic heterocycles. The van der Waals surface area contributed by atoms with Gasteiger partial charge in [-0.15, -0.1) is 11.3 Å². The number of anilines is 1. The van der Waals surface area contributed by atoms with E-state index >= 15 is 0 Å². The van der Waals surface area contributed by atoms with Crippen molar-refractivity contribution >= 4 is 40.5 Å².